The minimum atomic E-state index is -0.418. The van der Waals surface area contributed by atoms with E-state index in [0.717, 1.165) is 29.7 Å². The number of carbonyl (C=O) groups excluding carboxylic acids is 1. The van der Waals surface area contributed by atoms with Crippen LogP contribution in [0.5, 0.6) is 0 Å². The van der Waals surface area contributed by atoms with Gasteiger partial charge in [-0.3, -0.25) is 9.63 Å². The third kappa shape index (κ3) is 4.41. The molecule has 4 aromatic rings. The number of fused-ring (bicyclic) bond motifs is 1. The van der Waals surface area contributed by atoms with Crippen LogP contribution in [0.15, 0.2) is 60.9 Å². The number of amides is 1. The van der Waals surface area contributed by atoms with Crippen LogP contribution in [0.1, 0.15) is 28.0 Å². The summed E-state index contributed by atoms with van der Waals surface area (Å²) in [5.74, 6) is -0.737. The zero-order valence-electron chi connectivity index (χ0n) is 15.8. The van der Waals surface area contributed by atoms with E-state index < -0.39 is 5.91 Å². The summed E-state index contributed by atoms with van der Waals surface area (Å²) >= 11 is 5.43. The molecule has 0 spiro atoms. The molecule has 1 N–H and O–H groups in total. The van der Waals surface area contributed by atoms with Crippen molar-refractivity contribution in [3.63, 3.8) is 0 Å². The van der Waals surface area contributed by atoms with Crippen LogP contribution in [0.25, 0.3) is 22.3 Å². The van der Waals surface area contributed by atoms with Gasteiger partial charge in [0.15, 0.2) is 0 Å². The first-order valence-electron chi connectivity index (χ1n) is 9.37. The molecule has 0 bridgehead atoms. The second-order valence-corrected chi connectivity index (χ2v) is 6.95. The van der Waals surface area contributed by atoms with Crippen molar-refractivity contribution in [2.45, 2.75) is 19.3 Å². The Morgan fingerprint density at radius 3 is 2.53 bits per heavy atom. The molecule has 8 heteroatoms. The molecule has 1 amide bonds. The van der Waals surface area contributed by atoms with Gasteiger partial charge in [-0.1, -0.05) is 0 Å². The van der Waals surface area contributed by atoms with Crippen LogP contribution in [0.3, 0.4) is 0 Å². The number of hydrogen-bond acceptors (Lipinski definition) is 5. The fraction of sp³-hybridized carbons (Fsp3) is 0.136. The summed E-state index contributed by atoms with van der Waals surface area (Å²) in [5, 5.41) is 7.69. The quantitative estimate of drug-likeness (QED) is 0.470. The van der Waals surface area contributed by atoms with E-state index in [2.05, 4.69) is 15.0 Å². The Labute approximate surface area is 177 Å². The molecule has 150 valence electrons. The number of halogens is 2. The third-order valence-electron chi connectivity index (χ3n) is 4.73. The second kappa shape index (κ2) is 8.92. The highest BCUT2D eigenvalue weighted by Crippen LogP contribution is 2.25. The SMILES string of the molecule is O=C(NCl)c1ccc2nc(CCCc3ccnnc3)c(-c3ccc(F)cc3)nc2c1. The normalized spacial score (nSPS) is 10.9. The molecule has 2 aromatic carbocycles. The van der Waals surface area contributed by atoms with Crippen molar-refractivity contribution < 1.29 is 9.18 Å². The maximum atomic E-state index is 13.4. The van der Waals surface area contributed by atoms with E-state index in [0.29, 0.717) is 28.7 Å². The smallest absolute Gasteiger partial charge is 0.265 e. The Morgan fingerprint density at radius 1 is 0.967 bits per heavy atom. The zero-order chi connectivity index (χ0) is 20.9. The summed E-state index contributed by atoms with van der Waals surface area (Å²) in [6, 6.07) is 13.1. The first kappa shape index (κ1) is 19.8. The standard InChI is InChI=1S/C22H17ClFN5O/c23-29-22(30)16-6-9-18-20(12-16)28-21(15-4-7-17(24)8-5-15)19(27-18)3-1-2-14-10-11-25-26-13-14/h4-13H,1-3H2,(H,29,30). The number of nitrogens with zero attached hydrogens (tertiary/aromatic N) is 4. The van der Waals surface area contributed by atoms with Crippen LogP contribution in [-0.2, 0) is 12.8 Å². The van der Waals surface area contributed by atoms with Crippen molar-refractivity contribution in [2.24, 2.45) is 0 Å². The molecule has 0 aliphatic carbocycles. The monoisotopic (exact) mass is 421 g/mol. The molecule has 0 saturated heterocycles. The number of aryl methyl sites for hydroxylation is 2. The van der Waals surface area contributed by atoms with Crippen molar-refractivity contribution in [1.82, 2.24) is 25.0 Å². The van der Waals surface area contributed by atoms with Crippen molar-refractivity contribution in [1.29, 1.82) is 0 Å². The Bertz CT molecular complexity index is 1190. The van der Waals surface area contributed by atoms with Gasteiger partial charge in [0.2, 0.25) is 0 Å². The molecule has 0 aliphatic rings. The maximum Gasteiger partial charge on any atom is 0.265 e. The van der Waals surface area contributed by atoms with Gasteiger partial charge in [0.05, 0.1) is 28.6 Å². The predicted octanol–water partition coefficient (Wildman–Crippen LogP) is 4.28. The Morgan fingerprint density at radius 2 is 1.80 bits per heavy atom. The average molecular weight is 422 g/mol. The molecule has 0 radical (unpaired) electrons. The van der Waals surface area contributed by atoms with E-state index >= 15 is 0 Å². The van der Waals surface area contributed by atoms with Crippen LogP contribution >= 0.6 is 11.8 Å². The molecule has 2 heterocycles. The van der Waals surface area contributed by atoms with Gasteiger partial charge in [-0.25, -0.2) is 14.4 Å². The van der Waals surface area contributed by atoms with E-state index in [9.17, 15) is 9.18 Å². The van der Waals surface area contributed by atoms with Gasteiger partial charge in [0.25, 0.3) is 5.91 Å². The van der Waals surface area contributed by atoms with Crippen LogP contribution < -0.4 is 4.84 Å². The minimum absolute atomic E-state index is 0.319. The number of aromatic nitrogens is 4. The number of benzene rings is 2. The van der Waals surface area contributed by atoms with Crippen molar-refractivity contribution in [3.8, 4) is 11.3 Å². The van der Waals surface area contributed by atoms with Crippen LogP contribution in [0.2, 0.25) is 0 Å². The van der Waals surface area contributed by atoms with Crippen molar-refractivity contribution in [3.05, 3.63) is 83.6 Å². The number of rotatable bonds is 6. The summed E-state index contributed by atoms with van der Waals surface area (Å²) in [6.45, 7) is 0. The molecule has 6 nitrogen and oxygen atoms in total. The Kier molecular flexibility index (Phi) is 5.90. The molecule has 0 atom stereocenters. The molecular formula is C22H17ClFN5O. The lowest BCUT2D eigenvalue weighted by Gasteiger charge is -2.11. The van der Waals surface area contributed by atoms with Gasteiger partial charge in [-0.15, -0.1) is 0 Å². The highest BCUT2D eigenvalue weighted by atomic mass is 35.5. The molecule has 30 heavy (non-hydrogen) atoms. The summed E-state index contributed by atoms with van der Waals surface area (Å²) in [5.41, 5.74) is 4.96. The van der Waals surface area contributed by atoms with Gasteiger partial charge in [0.1, 0.15) is 5.82 Å². The predicted molar refractivity (Wildman–Crippen MR) is 112 cm³/mol. The third-order valence-corrected chi connectivity index (χ3v) is 4.90. The highest BCUT2D eigenvalue weighted by molar-refractivity contribution is 6.24. The Balaban J connectivity index is 1.71. The molecule has 0 unspecified atom stereocenters. The second-order valence-electron chi connectivity index (χ2n) is 6.76. The topological polar surface area (TPSA) is 80.7 Å². The van der Waals surface area contributed by atoms with Gasteiger partial charge in [0, 0.05) is 29.1 Å². The lowest BCUT2D eigenvalue weighted by atomic mass is 10.0. The Hall–Kier alpha value is -3.45. The van der Waals surface area contributed by atoms with E-state index in [-0.39, 0.29) is 5.82 Å². The summed E-state index contributed by atoms with van der Waals surface area (Å²) in [4.78, 5) is 23.5. The summed E-state index contributed by atoms with van der Waals surface area (Å²) in [7, 11) is 0. The fourth-order valence-electron chi connectivity index (χ4n) is 3.23. The maximum absolute atomic E-state index is 13.4. The van der Waals surface area contributed by atoms with Gasteiger partial charge < -0.3 is 0 Å². The molecule has 0 saturated carbocycles. The first-order valence-corrected chi connectivity index (χ1v) is 9.75. The van der Waals surface area contributed by atoms with Crippen molar-refractivity contribution in [2.75, 3.05) is 0 Å². The molecular weight excluding hydrogens is 405 g/mol. The minimum Gasteiger partial charge on any atom is -0.268 e. The zero-order valence-corrected chi connectivity index (χ0v) is 16.6. The number of carbonyl (C=O) groups is 1. The van der Waals surface area contributed by atoms with E-state index in [1.807, 2.05) is 6.07 Å². The number of hydrogen-bond donors (Lipinski definition) is 1. The molecule has 0 aliphatic heterocycles. The molecule has 4 rings (SSSR count). The van der Waals surface area contributed by atoms with E-state index in [1.165, 1.54) is 12.1 Å². The summed E-state index contributed by atoms with van der Waals surface area (Å²) in [6.07, 6.45) is 5.77. The average Bonchev–Trinajstić information content (AvgIpc) is 2.79. The van der Waals surface area contributed by atoms with Gasteiger partial charge in [-0.05, 0) is 73.4 Å². The fourth-order valence-corrected chi connectivity index (χ4v) is 3.33. The van der Waals surface area contributed by atoms with Gasteiger partial charge >= 0.3 is 0 Å². The molecule has 0 fully saturated rings. The lowest BCUT2D eigenvalue weighted by molar-refractivity contribution is 0.0982. The van der Waals surface area contributed by atoms with Crippen molar-refractivity contribution >= 4 is 28.7 Å². The lowest BCUT2D eigenvalue weighted by Crippen LogP contribution is -2.12. The van der Waals surface area contributed by atoms with E-state index in [4.69, 9.17) is 21.7 Å². The van der Waals surface area contributed by atoms with Crippen LogP contribution in [0, 0.1) is 5.82 Å². The van der Waals surface area contributed by atoms with Gasteiger partial charge in [-0.2, -0.15) is 10.2 Å². The highest BCUT2D eigenvalue weighted by Gasteiger charge is 2.13. The van der Waals surface area contributed by atoms with Crippen LogP contribution in [-0.4, -0.2) is 26.1 Å². The molecule has 2 aromatic heterocycles. The number of nitrogens with one attached hydrogen (secondary N) is 1. The largest absolute Gasteiger partial charge is 0.268 e. The first-order chi connectivity index (χ1) is 14.6. The van der Waals surface area contributed by atoms with E-state index in [1.54, 1.807) is 42.7 Å². The van der Waals surface area contributed by atoms with Crippen LogP contribution in [0.4, 0.5) is 4.39 Å². The summed E-state index contributed by atoms with van der Waals surface area (Å²) < 4.78 is 13.4.